The lowest BCUT2D eigenvalue weighted by Gasteiger charge is -2.14. The van der Waals surface area contributed by atoms with E-state index in [1.165, 1.54) is 12.8 Å². The number of nitrogens with one attached hydrogen (secondary N) is 2. The molecule has 1 saturated carbocycles. The van der Waals surface area contributed by atoms with Crippen molar-refractivity contribution >= 4 is 5.91 Å². The number of carbonyl (C=O) groups is 1. The Hall–Kier alpha value is -1.55. The highest BCUT2D eigenvalue weighted by atomic mass is 16.5. The van der Waals surface area contributed by atoms with Crippen LogP contribution in [0.1, 0.15) is 30.1 Å². The lowest BCUT2D eigenvalue weighted by molar-refractivity contribution is 0.0946. The Kier molecular flexibility index (Phi) is 4.80. The van der Waals surface area contributed by atoms with E-state index in [1.54, 1.807) is 0 Å². The van der Waals surface area contributed by atoms with E-state index in [-0.39, 0.29) is 11.9 Å². The first-order valence-corrected chi connectivity index (χ1v) is 6.88. The molecule has 1 amide bonds. The summed E-state index contributed by atoms with van der Waals surface area (Å²) in [5.41, 5.74) is 0.617. The van der Waals surface area contributed by atoms with Crippen LogP contribution < -0.4 is 15.4 Å². The van der Waals surface area contributed by atoms with E-state index in [0.717, 1.165) is 6.61 Å². The molecule has 1 aliphatic carbocycles. The molecule has 1 atom stereocenters. The number of rotatable bonds is 7. The molecular formula is C15H22N2O2. The van der Waals surface area contributed by atoms with Gasteiger partial charge in [-0.05, 0) is 44.9 Å². The highest BCUT2D eigenvalue weighted by Gasteiger charge is 2.23. The maximum Gasteiger partial charge on any atom is 0.255 e. The Morgan fingerprint density at radius 2 is 2.16 bits per heavy atom. The summed E-state index contributed by atoms with van der Waals surface area (Å²) in [4.78, 5) is 12.1. The fourth-order valence-corrected chi connectivity index (χ4v) is 1.72. The maximum atomic E-state index is 12.1. The largest absolute Gasteiger partial charge is 0.492 e. The van der Waals surface area contributed by atoms with Gasteiger partial charge in [-0.3, -0.25) is 4.79 Å². The van der Waals surface area contributed by atoms with Crippen molar-refractivity contribution in [1.29, 1.82) is 0 Å². The molecule has 1 aliphatic rings. The van der Waals surface area contributed by atoms with Gasteiger partial charge in [0.05, 0.1) is 12.2 Å². The number of amides is 1. The highest BCUT2D eigenvalue weighted by molar-refractivity contribution is 5.96. The molecule has 0 bridgehead atoms. The van der Waals surface area contributed by atoms with Crippen molar-refractivity contribution in [3.63, 3.8) is 0 Å². The monoisotopic (exact) mass is 262 g/mol. The van der Waals surface area contributed by atoms with E-state index in [1.807, 2.05) is 38.2 Å². The molecule has 0 radical (unpaired) electrons. The maximum absolute atomic E-state index is 12.1. The van der Waals surface area contributed by atoms with Gasteiger partial charge in [0.2, 0.25) is 0 Å². The Morgan fingerprint density at radius 3 is 2.84 bits per heavy atom. The molecule has 2 N–H and O–H groups in total. The molecule has 2 rings (SSSR count). The SMILES string of the molecule is CNC(C)CNC(=O)c1ccccc1OCC1CC1. The standard InChI is InChI=1S/C15H22N2O2/c1-11(16-2)9-17-15(18)13-5-3-4-6-14(13)19-10-12-7-8-12/h3-6,11-12,16H,7-10H2,1-2H3,(H,17,18). The van der Waals surface area contributed by atoms with Gasteiger partial charge in [-0.25, -0.2) is 0 Å². The highest BCUT2D eigenvalue weighted by Crippen LogP contribution is 2.30. The lowest BCUT2D eigenvalue weighted by atomic mass is 10.2. The molecule has 1 fully saturated rings. The van der Waals surface area contributed by atoms with Crippen LogP contribution in [0.15, 0.2) is 24.3 Å². The molecule has 1 unspecified atom stereocenters. The molecular weight excluding hydrogens is 240 g/mol. The van der Waals surface area contributed by atoms with Crippen molar-refractivity contribution in [1.82, 2.24) is 10.6 Å². The summed E-state index contributed by atoms with van der Waals surface area (Å²) in [6.07, 6.45) is 2.49. The summed E-state index contributed by atoms with van der Waals surface area (Å²) in [7, 11) is 1.88. The first-order valence-electron chi connectivity index (χ1n) is 6.88. The predicted molar refractivity (Wildman–Crippen MR) is 75.5 cm³/mol. The molecule has 104 valence electrons. The third-order valence-corrected chi connectivity index (χ3v) is 3.36. The van der Waals surface area contributed by atoms with Crippen molar-refractivity contribution in [2.24, 2.45) is 5.92 Å². The van der Waals surface area contributed by atoms with Crippen molar-refractivity contribution in [3.8, 4) is 5.75 Å². The lowest BCUT2D eigenvalue weighted by Crippen LogP contribution is -2.37. The van der Waals surface area contributed by atoms with Gasteiger partial charge in [-0.2, -0.15) is 0 Å². The van der Waals surface area contributed by atoms with Crippen molar-refractivity contribution in [2.45, 2.75) is 25.8 Å². The van der Waals surface area contributed by atoms with Crippen molar-refractivity contribution < 1.29 is 9.53 Å². The van der Waals surface area contributed by atoms with Crippen molar-refractivity contribution in [2.75, 3.05) is 20.2 Å². The van der Waals surface area contributed by atoms with Crippen LogP contribution in [0.3, 0.4) is 0 Å². The van der Waals surface area contributed by atoms with Crippen molar-refractivity contribution in [3.05, 3.63) is 29.8 Å². The van der Waals surface area contributed by atoms with Gasteiger partial charge >= 0.3 is 0 Å². The Bertz CT molecular complexity index is 430. The van der Waals surface area contributed by atoms with E-state index in [2.05, 4.69) is 10.6 Å². The summed E-state index contributed by atoms with van der Waals surface area (Å²) in [6.45, 7) is 3.35. The van der Waals surface area contributed by atoms with Crippen LogP contribution in [0.4, 0.5) is 0 Å². The van der Waals surface area contributed by atoms with Gasteiger partial charge in [0, 0.05) is 12.6 Å². The number of ether oxygens (including phenoxy) is 1. The van der Waals surface area contributed by atoms with Gasteiger partial charge < -0.3 is 15.4 Å². The first-order chi connectivity index (χ1) is 9.20. The third-order valence-electron chi connectivity index (χ3n) is 3.36. The number of likely N-dealkylation sites (N-methyl/N-ethyl adjacent to an activating group) is 1. The minimum absolute atomic E-state index is 0.0755. The normalized spacial score (nSPS) is 15.9. The summed E-state index contributed by atoms with van der Waals surface area (Å²) in [5.74, 6) is 1.29. The predicted octanol–water partition coefficient (Wildman–Crippen LogP) is 1.81. The van der Waals surface area contributed by atoms with Crippen LogP contribution in [-0.2, 0) is 0 Å². The van der Waals surface area contributed by atoms with Gasteiger partial charge in [-0.15, -0.1) is 0 Å². The topological polar surface area (TPSA) is 50.4 Å². The number of benzene rings is 1. The second-order valence-corrected chi connectivity index (χ2v) is 5.15. The fraction of sp³-hybridized carbons (Fsp3) is 0.533. The van der Waals surface area contributed by atoms with Gasteiger partial charge in [0.1, 0.15) is 5.75 Å². The summed E-state index contributed by atoms with van der Waals surface area (Å²) < 4.78 is 5.74. The molecule has 0 saturated heterocycles. The smallest absolute Gasteiger partial charge is 0.255 e. The second-order valence-electron chi connectivity index (χ2n) is 5.15. The average Bonchev–Trinajstić information content (AvgIpc) is 3.26. The number of para-hydroxylation sites is 1. The molecule has 1 aromatic carbocycles. The Labute approximate surface area is 114 Å². The number of hydrogen-bond acceptors (Lipinski definition) is 3. The van der Waals surface area contributed by atoms with Crippen LogP contribution in [0.5, 0.6) is 5.75 Å². The zero-order chi connectivity index (χ0) is 13.7. The third kappa shape index (κ3) is 4.24. The molecule has 4 heteroatoms. The summed E-state index contributed by atoms with van der Waals surface area (Å²) >= 11 is 0. The number of carbonyl (C=O) groups excluding carboxylic acids is 1. The number of hydrogen-bond donors (Lipinski definition) is 2. The fourth-order valence-electron chi connectivity index (χ4n) is 1.72. The van der Waals surface area contributed by atoms with E-state index in [0.29, 0.717) is 23.8 Å². The minimum Gasteiger partial charge on any atom is -0.492 e. The zero-order valence-corrected chi connectivity index (χ0v) is 11.6. The first kappa shape index (κ1) is 13.9. The van der Waals surface area contributed by atoms with E-state index in [9.17, 15) is 4.79 Å². The molecule has 0 aliphatic heterocycles. The van der Waals surface area contributed by atoms with Gasteiger partial charge in [0.15, 0.2) is 0 Å². The van der Waals surface area contributed by atoms with Crippen LogP contribution in [0, 0.1) is 5.92 Å². The quantitative estimate of drug-likeness (QED) is 0.788. The summed E-state index contributed by atoms with van der Waals surface area (Å²) in [6, 6.07) is 7.68. The van der Waals surface area contributed by atoms with E-state index in [4.69, 9.17) is 4.74 Å². The molecule has 0 aromatic heterocycles. The second kappa shape index (κ2) is 6.57. The molecule has 4 nitrogen and oxygen atoms in total. The molecule has 0 heterocycles. The summed E-state index contributed by atoms with van der Waals surface area (Å²) in [5, 5.41) is 6.00. The van der Waals surface area contributed by atoms with Crippen LogP contribution >= 0.6 is 0 Å². The Morgan fingerprint density at radius 1 is 1.42 bits per heavy atom. The van der Waals surface area contributed by atoms with E-state index >= 15 is 0 Å². The molecule has 0 spiro atoms. The average molecular weight is 262 g/mol. The van der Waals surface area contributed by atoms with Gasteiger partial charge in [0.25, 0.3) is 5.91 Å². The van der Waals surface area contributed by atoms with E-state index < -0.39 is 0 Å². The molecule has 1 aromatic rings. The minimum atomic E-state index is -0.0755. The van der Waals surface area contributed by atoms with Crippen LogP contribution in [-0.4, -0.2) is 32.1 Å². The Balaban J connectivity index is 1.94. The zero-order valence-electron chi connectivity index (χ0n) is 11.6. The molecule has 19 heavy (non-hydrogen) atoms. The van der Waals surface area contributed by atoms with Gasteiger partial charge in [-0.1, -0.05) is 12.1 Å². The van der Waals surface area contributed by atoms with Crippen LogP contribution in [0.2, 0.25) is 0 Å². The van der Waals surface area contributed by atoms with Crippen LogP contribution in [0.25, 0.3) is 0 Å².